The van der Waals surface area contributed by atoms with Gasteiger partial charge in [0.1, 0.15) is 0 Å². The predicted molar refractivity (Wildman–Crippen MR) is 53.6 cm³/mol. The molecule has 2 rings (SSSR count). The van der Waals surface area contributed by atoms with E-state index in [1.54, 1.807) is 0 Å². The van der Waals surface area contributed by atoms with Crippen LogP contribution in [0.5, 0.6) is 0 Å². The van der Waals surface area contributed by atoms with E-state index in [4.69, 9.17) is 0 Å². The van der Waals surface area contributed by atoms with Crippen molar-refractivity contribution in [1.29, 1.82) is 0 Å². The molecule has 0 aliphatic heterocycles. The topological polar surface area (TPSA) is 20.2 Å². The van der Waals surface area contributed by atoms with Crippen molar-refractivity contribution in [1.82, 2.24) is 0 Å². The second kappa shape index (κ2) is 3.15. The Morgan fingerprint density at radius 1 is 1.38 bits per heavy atom. The number of rotatable bonds is 3. The first-order valence-electron chi connectivity index (χ1n) is 5.00. The zero-order valence-electron chi connectivity index (χ0n) is 8.03. The average molecular weight is 176 g/mol. The van der Waals surface area contributed by atoms with Crippen molar-refractivity contribution in [3.63, 3.8) is 0 Å². The number of aliphatic hydroxyl groups excluding tert-OH is 1. The van der Waals surface area contributed by atoms with Gasteiger partial charge in [-0.15, -0.1) is 0 Å². The maximum atomic E-state index is 9.41. The molecule has 1 heteroatoms. The van der Waals surface area contributed by atoms with Crippen LogP contribution in [0, 0.1) is 5.92 Å². The molecule has 1 aromatic rings. The van der Waals surface area contributed by atoms with Gasteiger partial charge >= 0.3 is 0 Å². The summed E-state index contributed by atoms with van der Waals surface area (Å²) in [5, 5.41) is 9.41. The molecule has 1 aliphatic rings. The lowest BCUT2D eigenvalue weighted by Gasteiger charge is -2.13. The van der Waals surface area contributed by atoms with Crippen molar-refractivity contribution in [2.45, 2.75) is 25.2 Å². The van der Waals surface area contributed by atoms with E-state index in [2.05, 4.69) is 31.2 Å². The Hall–Kier alpha value is -0.820. The Kier molecular flexibility index (Phi) is 2.12. The smallest absolute Gasteiger partial charge is 0.0530 e. The van der Waals surface area contributed by atoms with E-state index < -0.39 is 0 Å². The van der Waals surface area contributed by atoms with Gasteiger partial charge in [0.25, 0.3) is 0 Å². The molecule has 1 fully saturated rings. The molecular formula is C12H16O. The van der Waals surface area contributed by atoms with Gasteiger partial charge in [-0.05, 0) is 17.9 Å². The van der Waals surface area contributed by atoms with Crippen molar-refractivity contribution in [2.24, 2.45) is 5.92 Å². The van der Waals surface area contributed by atoms with E-state index in [1.807, 2.05) is 6.07 Å². The molecule has 1 aromatic carbocycles. The zero-order chi connectivity index (χ0) is 9.31. The largest absolute Gasteiger partial charge is 0.395 e. The molecule has 0 spiro atoms. The Bertz CT molecular complexity index is 280. The molecule has 70 valence electrons. The standard InChI is InChI=1S/C12H16O/c1-2-10-8-12(10,9-13)11-6-4-3-5-7-11/h3-7,10,13H,2,8-9H2,1H3/t10-,12-/m1/s1. The van der Waals surface area contributed by atoms with Gasteiger partial charge < -0.3 is 5.11 Å². The molecule has 2 atom stereocenters. The summed E-state index contributed by atoms with van der Waals surface area (Å²) >= 11 is 0. The fourth-order valence-electron chi connectivity index (χ4n) is 2.32. The van der Waals surface area contributed by atoms with Gasteiger partial charge in [0, 0.05) is 5.41 Å². The van der Waals surface area contributed by atoms with Crippen molar-refractivity contribution < 1.29 is 5.11 Å². The third-order valence-electron chi connectivity index (χ3n) is 3.36. The molecule has 0 amide bonds. The lowest BCUT2D eigenvalue weighted by molar-refractivity contribution is 0.244. The molecule has 1 N–H and O–H groups in total. The van der Waals surface area contributed by atoms with E-state index in [9.17, 15) is 5.11 Å². The normalized spacial score (nSPS) is 31.7. The van der Waals surface area contributed by atoms with Crippen LogP contribution in [-0.2, 0) is 5.41 Å². The van der Waals surface area contributed by atoms with Gasteiger partial charge in [-0.2, -0.15) is 0 Å². The lowest BCUT2D eigenvalue weighted by Crippen LogP contribution is -2.15. The predicted octanol–water partition coefficient (Wildman–Crippen LogP) is 2.35. The van der Waals surface area contributed by atoms with Crippen molar-refractivity contribution in [3.8, 4) is 0 Å². The lowest BCUT2D eigenvalue weighted by atomic mass is 9.93. The van der Waals surface area contributed by atoms with Gasteiger partial charge in [0.15, 0.2) is 0 Å². The van der Waals surface area contributed by atoms with E-state index in [0.717, 1.165) is 6.42 Å². The van der Waals surface area contributed by atoms with Crippen LogP contribution in [0.3, 0.4) is 0 Å². The van der Waals surface area contributed by atoms with Crippen LogP contribution < -0.4 is 0 Å². The molecule has 1 saturated carbocycles. The van der Waals surface area contributed by atoms with Crippen LogP contribution >= 0.6 is 0 Å². The van der Waals surface area contributed by atoms with Gasteiger partial charge in [0.2, 0.25) is 0 Å². The van der Waals surface area contributed by atoms with Crippen molar-refractivity contribution in [2.75, 3.05) is 6.61 Å². The number of benzene rings is 1. The van der Waals surface area contributed by atoms with Crippen LogP contribution in [0.1, 0.15) is 25.3 Å². The Balaban J connectivity index is 2.25. The fraction of sp³-hybridized carbons (Fsp3) is 0.500. The fourth-order valence-corrected chi connectivity index (χ4v) is 2.32. The minimum atomic E-state index is 0.107. The first kappa shape index (κ1) is 8.76. The minimum Gasteiger partial charge on any atom is -0.395 e. The van der Waals surface area contributed by atoms with Gasteiger partial charge in [-0.25, -0.2) is 0 Å². The summed E-state index contributed by atoms with van der Waals surface area (Å²) in [6.45, 7) is 2.50. The molecule has 1 nitrogen and oxygen atoms in total. The highest BCUT2D eigenvalue weighted by atomic mass is 16.3. The van der Waals surface area contributed by atoms with E-state index in [-0.39, 0.29) is 5.41 Å². The van der Waals surface area contributed by atoms with Crippen LogP contribution in [0.2, 0.25) is 0 Å². The van der Waals surface area contributed by atoms with Crippen LogP contribution in [0.25, 0.3) is 0 Å². The SMILES string of the molecule is CC[C@@H]1C[C@]1(CO)c1ccccc1. The van der Waals surface area contributed by atoms with Crippen molar-refractivity contribution in [3.05, 3.63) is 35.9 Å². The second-order valence-corrected chi connectivity index (χ2v) is 3.99. The molecule has 0 unspecified atom stereocenters. The third kappa shape index (κ3) is 1.28. The zero-order valence-corrected chi connectivity index (χ0v) is 8.03. The minimum absolute atomic E-state index is 0.107. The Labute approximate surface area is 79.4 Å². The van der Waals surface area contributed by atoms with Crippen LogP contribution in [0.15, 0.2) is 30.3 Å². The maximum absolute atomic E-state index is 9.41. The molecule has 1 aliphatic carbocycles. The number of aliphatic hydroxyl groups is 1. The van der Waals surface area contributed by atoms with Gasteiger partial charge in [-0.3, -0.25) is 0 Å². The molecule has 0 bridgehead atoms. The van der Waals surface area contributed by atoms with Gasteiger partial charge in [0.05, 0.1) is 6.61 Å². The molecule has 13 heavy (non-hydrogen) atoms. The average Bonchev–Trinajstić information content (AvgIpc) is 2.94. The molecular weight excluding hydrogens is 160 g/mol. The summed E-state index contributed by atoms with van der Waals surface area (Å²) in [6, 6.07) is 10.4. The van der Waals surface area contributed by atoms with E-state index in [1.165, 1.54) is 12.0 Å². The molecule has 0 heterocycles. The van der Waals surface area contributed by atoms with Crippen LogP contribution in [-0.4, -0.2) is 11.7 Å². The summed E-state index contributed by atoms with van der Waals surface area (Å²) in [6.07, 6.45) is 2.33. The molecule has 0 radical (unpaired) electrons. The third-order valence-corrected chi connectivity index (χ3v) is 3.36. The Morgan fingerprint density at radius 3 is 2.54 bits per heavy atom. The summed E-state index contributed by atoms with van der Waals surface area (Å²) in [5.41, 5.74) is 1.42. The first-order chi connectivity index (χ1) is 6.33. The van der Waals surface area contributed by atoms with E-state index >= 15 is 0 Å². The monoisotopic (exact) mass is 176 g/mol. The summed E-state index contributed by atoms with van der Waals surface area (Å²) in [5.74, 6) is 0.694. The van der Waals surface area contributed by atoms with Crippen molar-refractivity contribution >= 4 is 0 Å². The number of hydrogen-bond acceptors (Lipinski definition) is 1. The molecule has 0 aromatic heterocycles. The second-order valence-electron chi connectivity index (χ2n) is 3.99. The maximum Gasteiger partial charge on any atom is 0.0530 e. The quantitative estimate of drug-likeness (QED) is 0.749. The number of hydrogen-bond donors (Lipinski definition) is 1. The van der Waals surface area contributed by atoms with E-state index in [0.29, 0.717) is 12.5 Å². The summed E-state index contributed by atoms with van der Waals surface area (Å²) in [7, 11) is 0. The highest BCUT2D eigenvalue weighted by Gasteiger charge is 2.53. The summed E-state index contributed by atoms with van der Waals surface area (Å²) in [4.78, 5) is 0. The summed E-state index contributed by atoms with van der Waals surface area (Å²) < 4.78 is 0. The highest BCUT2D eigenvalue weighted by Crippen LogP contribution is 2.55. The highest BCUT2D eigenvalue weighted by molar-refractivity contribution is 5.33. The van der Waals surface area contributed by atoms with Gasteiger partial charge in [-0.1, -0.05) is 43.7 Å². The first-order valence-corrected chi connectivity index (χ1v) is 5.00. The Morgan fingerprint density at radius 2 is 2.08 bits per heavy atom. The molecule has 0 saturated heterocycles. The van der Waals surface area contributed by atoms with Crippen LogP contribution in [0.4, 0.5) is 0 Å².